The summed E-state index contributed by atoms with van der Waals surface area (Å²) in [7, 11) is -2.25. The summed E-state index contributed by atoms with van der Waals surface area (Å²) >= 11 is 0. The van der Waals surface area contributed by atoms with Crippen molar-refractivity contribution in [2.24, 2.45) is 7.05 Å². The molecule has 0 saturated carbocycles. The van der Waals surface area contributed by atoms with E-state index in [0.717, 1.165) is 19.1 Å². The maximum absolute atomic E-state index is 14.8. The van der Waals surface area contributed by atoms with E-state index in [1.165, 1.54) is 25.4 Å². The van der Waals surface area contributed by atoms with Crippen LogP contribution in [0.4, 0.5) is 13.2 Å². The molecule has 6 rings (SSSR count). The lowest BCUT2D eigenvalue weighted by atomic mass is 9.94. The molecule has 43 heavy (non-hydrogen) atoms. The second kappa shape index (κ2) is 9.88. The van der Waals surface area contributed by atoms with Gasteiger partial charge in [0, 0.05) is 42.4 Å². The number of pyridine rings is 1. The van der Waals surface area contributed by atoms with Crippen LogP contribution in [0, 0.1) is 6.92 Å². The van der Waals surface area contributed by atoms with Crippen molar-refractivity contribution >= 4 is 42.7 Å². The Labute approximate surface area is 245 Å². The van der Waals surface area contributed by atoms with E-state index in [1.54, 1.807) is 43.1 Å². The molecule has 0 amide bonds. The van der Waals surface area contributed by atoms with Crippen LogP contribution in [0.5, 0.6) is 5.88 Å². The van der Waals surface area contributed by atoms with Crippen LogP contribution in [0.15, 0.2) is 29.7 Å². The van der Waals surface area contributed by atoms with Crippen LogP contribution < -0.4 is 4.74 Å². The van der Waals surface area contributed by atoms with Crippen LogP contribution in [0.2, 0.25) is 0 Å². The van der Waals surface area contributed by atoms with Gasteiger partial charge in [0.2, 0.25) is 15.7 Å². The average molecular weight is 617 g/mol. The number of halogens is 3. The van der Waals surface area contributed by atoms with Gasteiger partial charge in [-0.1, -0.05) is 0 Å². The van der Waals surface area contributed by atoms with E-state index in [1.807, 2.05) is 0 Å². The van der Waals surface area contributed by atoms with E-state index in [0.29, 0.717) is 34.8 Å². The molecule has 1 unspecified atom stereocenters. The van der Waals surface area contributed by atoms with Crippen molar-refractivity contribution in [1.82, 2.24) is 29.3 Å². The SMILES string of the molecule is Cc1cc2c(cnn2C2CCCCO2)c(-c2nccc3c4c(OC(C)(C)C)nc(S(C)(=O)=O)nc4n(C)c23)c1C(F)(F)F. The molecule has 5 aromatic rings. The molecule has 1 aliphatic rings. The van der Waals surface area contributed by atoms with E-state index < -0.39 is 38.6 Å². The van der Waals surface area contributed by atoms with Crippen molar-refractivity contribution in [3.8, 4) is 17.1 Å². The highest BCUT2D eigenvalue weighted by Gasteiger charge is 2.39. The summed E-state index contributed by atoms with van der Waals surface area (Å²) in [5.41, 5.74) is -0.666. The van der Waals surface area contributed by atoms with Crippen LogP contribution in [0.1, 0.15) is 57.4 Å². The van der Waals surface area contributed by atoms with Gasteiger partial charge in [-0.2, -0.15) is 28.2 Å². The summed E-state index contributed by atoms with van der Waals surface area (Å²) in [5.74, 6) is 0.00776. The molecule has 1 saturated heterocycles. The fourth-order valence-corrected chi connectivity index (χ4v) is 6.28. The normalized spacial score (nSPS) is 16.9. The van der Waals surface area contributed by atoms with Gasteiger partial charge in [0.25, 0.3) is 5.16 Å². The van der Waals surface area contributed by atoms with Crippen molar-refractivity contribution in [2.75, 3.05) is 12.9 Å². The van der Waals surface area contributed by atoms with E-state index in [-0.39, 0.29) is 33.7 Å². The van der Waals surface area contributed by atoms with Crippen LogP contribution in [-0.4, -0.2) is 56.2 Å². The standard InChI is InChI=1S/C29H31F3N6O4S/c1-15-13-18-17(14-34-38(18)19-9-7-8-12-41-19)20(22(15)29(30,31)32)23-24-16(10-11-33-23)21-25(37(24)5)35-27(43(6,39)40)36-26(21)42-28(2,3)4/h10-11,13-14,19H,7-9,12H2,1-6H3. The van der Waals surface area contributed by atoms with Crippen LogP contribution in [-0.2, 0) is 27.8 Å². The Hall–Kier alpha value is -3.78. The summed E-state index contributed by atoms with van der Waals surface area (Å²) in [4.78, 5) is 13.1. The lowest BCUT2D eigenvalue weighted by molar-refractivity contribution is -0.137. The minimum atomic E-state index is -4.71. The zero-order valence-electron chi connectivity index (χ0n) is 24.6. The molecule has 0 radical (unpaired) electrons. The minimum Gasteiger partial charge on any atom is -0.471 e. The van der Waals surface area contributed by atoms with Crippen LogP contribution in [0.3, 0.4) is 0 Å². The number of rotatable bonds is 4. The van der Waals surface area contributed by atoms with Crippen LogP contribution in [0.25, 0.3) is 44.1 Å². The lowest BCUT2D eigenvalue weighted by Crippen LogP contribution is -2.24. The van der Waals surface area contributed by atoms with Gasteiger partial charge in [0.15, 0.2) is 6.23 Å². The molecule has 1 atom stereocenters. The summed E-state index contributed by atoms with van der Waals surface area (Å²) in [6.45, 7) is 7.32. The zero-order chi connectivity index (χ0) is 31.1. The smallest absolute Gasteiger partial charge is 0.417 e. The highest BCUT2D eigenvalue weighted by molar-refractivity contribution is 7.90. The number of nitrogens with zero attached hydrogens (tertiary/aromatic N) is 6. The van der Waals surface area contributed by atoms with Gasteiger partial charge in [0.05, 0.1) is 33.9 Å². The molecule has 14 heteroatoms. The van der Waals surface area contributed by atoms with Gasteiger partial charge in [-0.15, -0.1) is 0 Å². The number of benzene rings is 1. The number of ether oxygens (including phenoxy) is 2. The molecule has 228 valence electrons. The molecule has 0 N–H and O–H groups in total. The van der Waals surface area contributed by atoms with Crippen molar-refractivity contribution in [1.29, 1.82) is 0 Å². The average Bonchev–Trinajstić information content (AvgIpc) is 3.45. The van der Waals surface area contributed by atoms with Gasteiger partial charge < -0.3 is 14.0 Å². The third-order valence-corrected chi connectivity index (χ3v) is 8.31. The monoisotopic (exact) mass is 616 g/mol. The van der Waals surface area contributed by atoms with Gasteiger partial charge >= 0.3 is 6.18 Å². The van der Waals surface area contributed by atoms with Crippen molar-refractivity contribution < 1.29 is 31.1 Å². The Kier molecular flexibility index (Phi) is 6.73. The van der Waals surface area contributed by atoms with E-state index >= 15 is 0 Å². The molecule has 1 aromatic carbocycles. The van der Waals surface area contributed by atoms with E-state index in [9.17, 15) is 21.6 Å². The molecule has 10 nitrogen and oxygen atoms in total. The van der Waals surface area contributed by atoms with Crippen LogP contribution >= 0.6 is 0 Å². The predicted octanol–water partition coefficient (Wildman–Crippen LogP) is 6.14. The summed E-state index contributed by atoms with van der Waals surface area (Å²) in [6.07, 6.45) is 1.26. The van der Waals surface area contributed by atoms with Gasteiger partial charge in [-0.05, 0) is 64.7 Å². The fourth-order valence-electron chi connectivity index (χ4n) is 5.78. The Morgan fingerprint density at radius 3 is 2.49 bits per heavy atom. The first kappa shape index (κ1) is 29.3. The number of fused-ring (bicyclic) bond motifs is 4. The van der Waals surface area contributed by atoms with Gasteiger partial charge in [-0.25, -0.2) is 13.1 Å². The quantitative estimate of drug-likeness (QED) is 0.221. The molecule has 1 aliphatic heterocycles. The summed E-state index contributed by atoms with van der Waals surface area (Å²) < 4.78 is 84.8. The maximum Gasteiger partial charge on any atom is 0.417 e. The largest absolute Gasteiger partial charge is 0.471 e. The highest BCUT2D eigenvalue weighted by Crippen LogP contribution is 2.47. The van der Waals surface area contributed by atoms with Crippen molar-refractivity contribution in [3.63, 3.8) is 0 Å². The van der Waals surface area contributed by atoms with Crippen molar-refractivity contribution in [3.05, 3.63) is 35.7 Å². The second-order valence-corrected chi connectivity index (χ2v) is 13.8. The Balaban J connectivity index is 1.74. The Bertz CT molecular complexity index is 2020. The molecular weight excluding hydrogens is 585 g/mol. The summed E-state index contributed by atoms with van der Waals surface area (Å²) in [5, 5.41) is 5.14. The number of aromatic nitrogens is 6. The Morgan fingerprint density at radius 2 is 1.86 bits per heavy atom. The van der Waals surface area contributed by atoms with E-state index in [4.69, 9.17) is 9.47 Å². The maximum atomic E-state index is 14.8. The molecule has 4 aromatic heterocycles. The Morgan fingerprint density at radius 1 is 1.12 bits per heavy atom. The third kappa shape index (κ3) is 4.99. The first-order chi connectivity index (χ1) is 20.1. The topological polar surface area (TPSA) is 114 Å². The number of hydrogen-bond donors (Lipinski definition) is 0. The third-order valence-electron chi connectivity index (χ3n) is 7.47. The zero-order valence-corrected chi connectivity index (χ0v) is 25.4. The molecule has 0 aliphatic carbocycles. The highest BCUT2D eigenvalue weighted by atomic mass is 32.2. The predicted molar refractivity (Wildman–Crippen MR) is 155 cm³/mol. The molecule has 1 fully saturated rings. The minimum absolute atomic E-state index is 0.00776. The first-order valence-electron chi connectivity index (χ1n) is 13.8. The lowest BCUT2D eigenvalue weighted by Gasteiger charge is -2.24. The van der Waals surface area contributed by atoms with Gasteiger partial charge in [0.1, 0.15) is 11.2 Å². The van der Waals surface area contributed by atoms with Gasteiger partial charge in [-0.3, -0.25) is 4.98 Å². The first-order valence-corrected chi connectivity index (χ1v) is 15.7. The molecular formula is C29H31F3N6O4S. The molecule has 0 spiro atoms. The number of aryl methyl sites for hydroxylation is 2. The fraction of sp³-hybridized carbons (Fsp3) is 0.448. The van der Waals surface area contributed by atoms with E-state index in [2.05, 4.69) is 20.1 Å². The summed E-state index contributed by atoms with van der Waals surface area (Å²) in [6, 6.07) is 3.13. The number of alkyl halides is 3. The van der Waals surface area contributed by atoms with Crippen molar-refractivity contribution in [2.45, 2.75) is 70.1 Å². The number of hydrogen-bond acceptors (Lipinski definition) is 8. The molecule has 5 heterocycles. The number of sulfone groups is 1. The second-order valence-electron chi connectivity index (χ2n) is 11.9. The molecule has 0 bridgehead atoms.